The van der Waals surface area contributed by atoms with Gasteiger partial charge in [0.25, 0.3) is 0 Å². The molecule has 0 bridgehead atoms. The highest BCUT2D eigenvalue weighted by Crippen LogP contribution is 2.47. The Morgan fingerprint density at radius 2 is 0.894 bits per heavy atom. The molecule has 3 aromatic heterocycles. The Morgan fingerprint density at radius 3 is 1.28 bits per heavy atom. The maximum absolute atomic E-state index is 9.80. The van der Waals surface area contributed by atoms with Gasteiger partial charge < -0.3 is 78.3 Å². The highest BCUT2D eigenvalue weighted by Gasteiger charge is 2.24. The fourth-order valence-corrected chi connectivity index (χ4v) is 16.4. The summed E-state index contributed by atoms with van der Waals surface area (Å²) in [6, 6.07) is 80.6. The number of benzene rings is 9. The van der Waals surface area contributed by atoms with Crippen molar-refractivity contribution >= 4 is 129 Å². The Bertz CT molecular complexity index is 5520. The van der Waals surface area contributed by atoms with Crippen molar-refractivity contribution < 1.29 is 85.4 Å². The van der Waals surface area contributed by atoms with Crippen LogP contribution < -0.4 is 82.4 Å². The number of thioether (sulfide) groups is 3. The van der Waals surface area contributed by atoms with E-state index in [2.05, 4.69) is 345 Å². The molecule has 0 saturated carbocycles. The van der Waals surface area contributed by atoms with Gasteiger partial charge in [-0.15, -0.1) is 0 Å². The van der Waals surface area contributed by atoms with Crippen molar-refractivity contribution in [3.8, 4) is 0 Å². The largest absolute Gasteiger partial charge is 1.00 e. The number of hydrogen-bond donors (Lipinski definition) is 3. The van der Waals surface area contributed by atoms with E-state index >= 15 is 0 Å². The average molecular weight is 1700 g/mol. The summed E-state index contributed by atoms with van der Waals surface area (Å²) in [5.74, 6) is 0. The van der Waals surface area contributed by atoms with E-state index in [0.29, 0.717) is 19.7 Å². The van der Waals surface area contributed by atoms with Gasteiger partial charge in [-0.2, -0.15) is 13.7 Å². The summed E-state index contributed by atoms with van der Waals surface area (Å²) in [6.07, 6.45) is 24.6. The van der Waals surface area contributed by atoms with Crippen LogP contribution in [0.25, 0.3) is 63.1 Å². The standard InChI is InChI=1S/C24H25N.C23H23N2O2S.C23H23N2OS.C22H21N2OS.BF3.2BrH.FH/c1-17-6-10-20(11-7-17)24(21-12-8-18(2)9-13-21)22-14-15-23(25(4)5)19(3)16-22;1-24-21-10-4-5-11-22(21)28-23(24)12-6-7-17-13-14-25(15-18(27)16-26)20-9-3-2-8-19(17)20;1-24-21-11-5-6-12-22(21)27-23(24)13-7-8-18-14-15-25(16-17-26-2)20-10-4-3-9-19(18)20;1-23-20-10-4-5-11-21(20)26-22(23)12-6-7-17-13-14-24(15-16-25)19-9-3-2-8-18(17)19;2-1(3)4;;;/h6-16H,1H2,2-5H3;2-14,18,26-27H,15-16H2,1H3;3-15H,16-17H2,1-2H3;2-14,25H,15-16H2,1H3;;3*1H/q;3*+1;;;;/p-3. The van der Waals surface area contributed by atoms with Crippen LogP contribution >= 0.6 is 35.3 Å². The number of aryl methyl sites for hydroxylation is 2. The van der Waals surface area contributed by atoms with Crippen molar-refractivity contribution in [3.63, 3.8) is 0 Å². The van der Waals surface area contributed by atoms with Gasteiger partial charge in [0.1, 0.15) is 19.3 Å². The predicted octanol–water partition coefficient (Wildman–Crippen LogP) is 8.58. The third kappa shape index (κ3) is 23.0. The van der Waals surface area contributed by atoms with E-state index in [9.17, 15) is 23.2 Å². The minimum atomic E-state index is -3.67. The van der Waals surface area contributed by atoms with E-state index < -0.39 is 13.6 Å². The fourth-order valence-electron chi connectivity index (χ4n) is 13.2. The van der Waals surface area contributed by atoms with Gasteiger partial charge in [-0.05, 0) is 148 Å². The van der Waals surface area contributed by atoms with Crippen LogP contribution in [0.1, 0.15) is 38.9 Å². The molecule has 15 rings (SSSR count). The second-order valence-corrected chi connectivity index (χ2v) is 29.7. The Morgan fingerprint density at radius 1 is 0.513 bits per heavy atom. The molecule has 582 valence electrons. The zero-order chi connectivity index (χ0) is 77.6. The topological polar surface area (TPSA) is 94.5 Å². The third-order valence-electron chi connectivity index (χ3n) is 18.8. The lowest BCUT2D eigenvalue weighted by Gasteiger charge is -2.18. The van der Waals surface area contributed by atoms with Crippen LogP contribution in [-0.4, -0.2) is 91.1 Å². The first kappa shape index (κ1) is 88.8. The highest BCUT2D eigenvalue weighted by atomic mass is 79.9. The molecule has 0 aliphatic carbocycles. The van der Waals surface area contributed by atoms with Crippen LogP contribution in [0.4, 0.5) is 35.7 Å². The van der Waals surface area contributed by atoms with E-state index in [4.69, 9.17) is 9.84 Å². The number of anilines is 4. The van der Waals surface area contributed by atoms with Gasteiger partial charge in [-0.1, -0.05) is 211 Å². The number of para-hydroxylation sites is 6. The van der Waals surface area contributed by atoms with E-state index in [1.54, 1.807) is 30.6 Å². The van der Waals surface area contributed by atoms with Crippen LogP contribution in [0.2, 0.25) is 0 Å². The summed E-state index contributed by atoms with van der Waals surface area (Å²) in [5.41, 5.74) is 18.2. The van der Waals surface area contributed by atoms with Gasteiger partial charge in [0, 0.05) is 99.1 Å². The van der Waals surface area contributed by atoms with E-state index in [-0.39, 0.29) is 51.9 Å². The summed E-state index contributed by atoms with van der Waals surface area (Å²) in [4.78, 5) is 12.7. The van der Waals surface area contributed by atoms with Crippen molar-refractivity contribution in [2.24, 2.45) is 0 Å². The number of pyridine rings is 3. The Balaban J connectivity index is 0.000000184. The molecule has 1 unspecified atom stereocenters. The Hall–Kier alpha value is -9.78. The van der Waals surface area contributed by atoms with Crippen molar-refractivity contribution in [3.05, 3.63) is 350 Å². The van der Waals surface area contributed by atoms with Crippen LogP contribution in [0.3, 0.4) is 0 Å². The van der Waals surface area contributed by atoms with Crippen molar-refractivity contribution in [1.29, 1.82) is 0 Å². The second-order valence-electron chi connectivity index (χ2n) is 26.5. The van der Waals surface area contributed by atoms with Crippen molar-refractivity contribution in [2.45, 2.75) is 54.3 Å². The summed E-state index contributed by atoms with van der Waals surface area (Å²) < 4.78 is 40.5. The number of allylic oxidation sites excluding steroid dienone is 6. The van der Waals surface area contributed by atoms with Crippen LogP contribution in [-0.2, 0) is 24.4 Å². The molecule has 0 fully saturated rings. The number of ether oxygens (including phenoxy) is 1. The van der Waals surface area contributed by atoms with Gasteiger partial charge in [0.15, 0.2) is 38.2 Å². The molecule has 6 heterocycles. The van der Waals surface area contributed by atoms with Crippen molar-refractivity contribution in [1.82, 2.24) is 0 Å². The van der Waals surface area contributed by atoms with Gasteiger partial charge in [0.2, 0.25) is 16.6 Å². The van der Waals surface area contributed by atoms with Gasteiger partial charge in [0.05, 0.1) is 54.9 Å². The van der Waals surface area contributed by atoms with Gasteiger partial charge >= 0.3 is 7.54 Å². The maximum atomic E-state index is 9.80. The monoisotopic (exact) mass is 1700 g/mol. The molecule has 3 aliphatic rings. The number of halogens is 6. The first-order valence-electron chi connectivity index (χ1n) is 36.3. The van der Waals surface area contributed by atoms with Crippen LogP contribution in [0, 0.1) is 13.8 Å². The lowest BCUT2D eigenvalue weighted by atomic mass is 9.93. The SMILES string of the molecule is C=c1ccc(=C(c2ccc(C)cc2)c2ccc(N(C)C)c(C)c2)cc1.CN1C(=CC=Cc2cc[n+](CC(O)CO)c3ccccc23)Sc2ccccc21.CN1C(=CC=Cc2cc[n+](CCO)c3ccccc23)Sc2ccccc21.COCC[n+]1ccc(C=CC=C2Sc3ccccc3N2C)c2ccccc21.FB(F)F.[Br-].[Br-].[F-]. The minimum Gasteiger partial charge on any atom is -1.00 e. The summed E-state index contributed by atoms with van der Waals surface area (Å²) in [7, 11) is 8.55. The van der Waals surface area contributed by atoms with E-state index in [1.165, 1.54) is 113 Å². The normalized spacial score (nSPS) is 13.8. The molecule has 0 radical (unpaired) electrons. The van der Waals surface area contributed by atoms with Crippen molar-refractivity contribution in [2.75, 3.05) is 81.8 Å². The van der Waals surface area contributed by atoms with Gasteiger partial charge in [-0.3, -0.25) is 12.9 Å². The first-order valence-corrected chi connectivity index (χ1v) is 38.7. The molecule has 12 aromatic rings. The molecule has 11 nitrogen and oxygen atoms in total. The first-order chi connectivity index (χ1) is 53.4. The van der Waals surface area contributed by atoms with E-state index in [1.807, 2.05) is 59.1 Å². The number of rotatable bonds is 17. The molecule has 1 atom stereocenters. The zero-order valence-corrected chi connectivity index (χ0v) is 70.0. The lowest BCUT2D eigenvalue weighted by molar-refractivity contribution is -0.678. The number of aliphatic hydroxyl groups is 3. The average Bonchev–Trinajstić information content (AvgIpc) is 1.81. The molecule has 3 aliphatic heterocycles. The van der Waals surface area contributed by atoms with Gasteiger partial charge in [-0.25, -0.2) is 0 Å². The number of fused-ring (bicyclic) bond motifs is 6. The van der Waals surface area contributed by atoms with Crippen LogP contribution in [0.5, 0.6) is 0 Å². The number of methoxy groups -OCH3 is 1. The second kappa shape index (κ2) is 43.5. The molecule has 21 heteroatoms. The smallest absolute Gasteiger partial charge is 0.762 e. The molecule has 0 saturated heterocycles. The Kier molecular flexibility index (Phi) is 34.2. The summed E-state index contributed by atoms with van der Waals surface area (Å²) >= 11 is 5.38. The molecular formula is C92H92BBr2F4N7O4S3. The zero-order valence-electron chi connectivity index (χ0n) is 64.3. The third-order valence-corrected chi connectivity index (χ3v) is 22.3. The minimum absolute atomic E-state index is 0. The number of aliphatic hydroxyl groups excluding tert-OH is 3. The molecule has 9 aromatic carbocycles. The summed E-state index contributed by atoms with van der Waals surface area (Å²) in [5, 5.41) is 37.7. The van der Waals surface area contributed by atoms with E-state index in [0.717, 1.165) is 33.7 Å². The highest BCUT2D eigenvalue weighted by molar-refractivity contribution is 8.04. The molecule has 3 N–H and O–H groups in total. The fraction of sp³-hybridized carbons (Fsp3) is 0.163. The lowest BCUT2D eigenvalue weighted by Crippen LogP contribution is -3.00. The molecule has 113 heavy (non-hydrogen) atoms. The maximum Gasteiger partial charge on any atom is 0.762 e. The summed E-state index contributed by atoms with van der Waals surface area (Å²) in [6.45, 7) is 10.7. The number of nitrogens with zero attached hydrogens (tertiary/aromatic N) is 7. The number of hydrogen-bond acceptors (Lipinski definition) is 11. The molecular weight excluding hydrogens is 1610 g/mol. The molecule has 0 amide bonds. The Labute approximate surface area is 694 Å². The number of aromatic nitrogens is 3. The predicted molar refractivity (Wildman–Crippen MR) is 457 cm³/mol. The molecule has 0 spiro atoms. The quantitative estimate of drug-likeness (QED) is 0.0466. The van der Waals surface area contributed by atoms with Crippen LogP contribution in [0.15, 0.2) is 315 Å².